The molecule has 0 aromatic heterocycles. The molecule has 8 heteroatoms. The van der Waals surface area contributed by atoms with Crippen molar-refractivity contribution in [1.82, 2.24) is 4.90 Å². The van der Waals surface area contributed by atoms with Crippen LogP contribution in [0.2, 0.25) is 0 Å². The topological polar surface area (TPSA) is 117 Å². The Labute approximate surface area is 160 Å². The Kier molecular flexibility index (Phi) is 5.18. The van der Waals surface area contributed by atoms with Crippen molar-refractivity contribution >= 4 is 29.4 Å². The molecule has 0 aliphatic carbocycles. The van der Waals surface area contributed by atoms with Gasteiger partial charge in [0.05, 0.1) is 22.8 Å². The van der Waals surface area contributed by atoms with Gasteiger partial charge in [0, 0.05) is 5.69 Å². The molecular weight excluding hydrogens is 362 g/mol. The molecule has 1 unspecified atom stereocenters. The highest BCUT2D eigenvalue weighted by Crippen LogP contribution is 2.22. The minimum Gasteiger partial charge on any atom is -0.451 e. The van der Waals surface area contributed by atoms with Gasteiger partial charge in [0.2, 0.25) is 0 Å². The van der Waals surface area contributed by atoms with Gasteiger partial charge < -0.3 is 10.1 Å². The monoisotopic (exact) mass is 377 g/mol. The van der Waals surface area contributed by atoms with E-state index < -0.39 is 36.3 Å². The summed E-state index contributed by atoms with van der Waals surface area (Å²) in [6, 6.07) is 14.5. The van der Waals surface area contributed by atoms with E-state index in [9.17, 15) is 19.2 Å². The Balaban J connectivity index is 1.59. The molecule has 0 saturated carbocycles. The minimum absolute atomic E-state index is 0.225. The highest BCUT2D eigenvalue weighted by atomic mass is 16.5. The molecule has 0 fully saturated rings. The third-order valence-corrected chi connectivity index (χ3v) is 4.10. The SMILES string of the molecule is CC(OC(=O)CN1C(=O)c2ccccc2C1=O)C(=O)Nc1cccc(C#N)c1. The molecule has 1 aliphatic rings. The Morgan fingerprint density at radius 1 is 1.11 bits per heavy atom. The summed E-state index contributed by atoms with van der Waals surface area (Å²) in [6.07, 6.45) is -1.16. The third kappa shape index (κ3) is 3.73. The molecule has 3 rings (SSSR count). The standard InChI is InChI=1S/C20H15N3O5/c1-12(18(25)22-14-6-4-5-13(9-14)10-21)28-17(24)11-23-19(26)15-7-2-3-8-16(15)20(23)27/h2-9,12H,11H2,1H3,(H,22,25). The van der Waals surface area contributed by atoms with E-state index in [-0.39, 0.29) is 11.1 Å². The van der Waals surface area contributed by atoms with Crippen LogP contribution in [-0.4, -0.2) is 41.2 Å². The molecule has 0 bridgehead atoms. The molecule has 2 aromatic rings. The first-order chi connectivity index (χ1) is 13.4. The molecular formula is C20H15N3O5. The molecule has 140 valence electrons. The Morgan fingerprint density at radius 2 is 1.75 bits per heavy atom. The van der Waals surface area contributed by atoms with Crippen LogP contribution < -0.4 is 5.32 Å². The fourth-order valence-electron chi connectivity index (χ4n) is 2.71. The van der Waals surface area contributed by atoms with Crippen LogP contribution in [0.15, 0.2) is 48.5 Å². The number of amides is 3. The lowest BCUT2D eigenvalue weighted by atomic mass is 10.1. The van der Waals surface area contributed by atoms with Gasteiger partial charge in [0.1, 0.15) is 6.54 Å². The van der Waals surface area contributed by atoms with Crippen molar-refractivity contribution in [2.24, 2.45) is 0 Å². The Morgan fingerprint density at radius 3 is 2.36 bits per heavy atom. The number of ether oxygens (including phenoxy) is 1. The van der Waals surface area contributed by atoms with E-state index in [1.54, 1.807) is 30.3 Å². The van der Waals surface area contributed by atoms with Crippen molar-refractivity contribution in [2.75, 3.05) is 11.9 Å². The van der Waals surface area contributed by atoms with E-state index in [2.05, 4.69) is 5.32 Å². The van der Waals surface area contributed by atoms with Crippen molar-refractivity contribution in [1.29, 1.82) is 5.26 Å². The van der Waals surface area contributed by atoms with Gasteiger partial charge in [-0.25, -0.2) is 0 Å². The predicted octanol–water partition coefficient (Wildman–Crippen LogP) is 1.72. The molecule has 28 heavy (non-hydrogen) atoms. The molecule has 3 amide bonds. The van der Waals surface area contributed by atoms with Crippen LogP contribution in [0.1, 0.15) is 33.2 Å². The Hall–Kier alpha value is -3.99. The molecule has 1 heterocycles. The van der Waals surface area contributed by atoms with Crippen LogP contribution in [0.4, 0.5) is 5.69 Å². The van der Waals surface area contributed by atoms with Crippen LogP contribution >= 0.6 is 0 Å². The van der Waals surface area contributed by atoms with Crippen molar-refractivity contribution in [3.05, 3.63) is 65.2 Å². The summed E-state index contributed by atoms with van der Waals surface area (Å²) in [4.78, 5) is 49.6. The van der Waals surface area contributed by atoms with Gasteiger partial charge in [-0.1, -0.05) is 18.2 Å². The minimum atomic E-state index is -1.16. The second kappa shape index (κ2) is 7.72. The smallest absolute Gasteiger partial charge is 0.326 e. The average molecular weight is 377 g/mol. The maximum atomic E-state index is 12.3. The van der Waals surface area contributed by atoms with E-state index in [0.717, 1.165) is 4.90 Å². The second-order valence-electron chi connectivity index (χ2n) is 6.06. The van der Waals surface area contributed by atoms with Crippen LogP contribution in [0.5, 0.6) is 0 Å². The number of hydrogen-bond donors (Lipinski definition) is 1. The van der Waals surface area contributed by atoms with Crippen molar-refractivity contribution < 1.29 is 23.9 Å². The number of nitrogens with zero attached hydrogens (tertiary/aromatic N) is 2. The Bertz CT molecular complexity index is 989. The lowest BCUT2D eigenvalue weighted by molar-refractivity contribution is -0.153. The van der Waals surface area contributed by atoms with Crippen LogP contribution in [-0.2, 0) is 14.3 Å². The number of carbonyl (C=O) groups is 4. The van der Waals surface area contributed by atoms with Gasteiger partial charge in [-0.3, -0.25) is 24.1 Å². The van der Waals surface area contributed by atoms with E-state index in [1.807, 2.05) is 6.07 Å². The van der Waals surface area contributed by atoms with Gasteiger partial charge in [-0.05, 0) is 37.3 Å². The molecule has 1 aliphatic heterocycles. The molecule has 8 nitrogen and oxygen atoms in total. The summed E-state index contributed by atoms with van der Waals surface area (Å²) < 4.78 is 5.04. The summed E-state index contributed by atoms with van der Waals surface area (Å²) in [5.74, 6) is -2.65. The number of esters is 1. The van der Waals surface area contributed by atoms with Crippen LogP contribution in [0, 0.1) is 11.3 Å². The summed E-state index contributed by atoms with van der Waals surface area (Å²) in [6.45, 7) is 0.775. The molecule has 1 atom stereocenters. The first-order valence-corrected chi connectivity index (χ1v) is 8.36. The normalized spacial score (nSPS) is 13.5. The van der Waals surface area contributed by atoms with Crippen molar-refractivity contribution in [2.45, 2.75) is 13.0 Å². The van der Waals surface area contributed by atoms with Gasteiger partial charge in [0.25, 0.3) is 17.7 Å². The largest absolute Gasteiger partial charge is 0.451 e. The van der Waals surface area contributed by atoms with E-state index in [1.165, 1.54) is 25.1 Å². The zero-order valence-electron chi connectivity index (χ0n) is 14.8. The molecule has 0 saturated heterocycles. The zero-order chi connectivity index (χ0) is 20.3. The van der Waals surface area contributed by atoms with E-state index in [4.69, 9.17) is 10.00 Å². The van der Waals surface area contributed by atoms with Gasteiger partial charge in [-0.2, -0.15) is 5.26 Å². The average Bonchev–Trinajstić information content (AvgIpc) is 2.93. The number of fused-ring (bicyclic) bond motifs is 1. The third-order valence-electron chi connectivity index (χ3n) is 4.10. The number of anilines is 1. The summed E-state index contributed by atoms with van der Waals surface area (Å²) in [5, 5.41) is 11.4. The predicted molar refractivity (Wildman–Crippen MR) is 97.1 cm³/mol. The van der Waals surface area contributed by atoms with Gasteiger partial charge >= 0.3 is 5.97 Å². The maximum Gasteiger partial charge on any atom is 0.326 e. The highest BCUT2D eigenvalue weighted by molar-refractivity contribution is 6.22. The number of imide groups is 1. The highest BCUT2D eigenvalue weighted by Gasteiger charge is 2.37. The number of carbonyl (C=O) groups excluding carboxylic acids is 4. The maximum absolute atomic E-state index is 12.3. The number of nitriles is 1. The van der Waals surface area contributed by atoms with Gasteiger partial charge in [0.15, 0.2) is 6.10 Å². The number of nitrogens with one attached hydrogen (secondary N) is 1. The lowest BCUT2D eigenvalue weighted by Gasteiger charge is -2.16. The van der Waals surface area contributed by atoms with E-state index >= 15 is 0 Å². The van der Waals surface area contributed by atoms with Crippen LogP contribution in [0.25, 0.3) is 0 Å². The number of benzene rings is 2. The first kappa shape index (κ1) is 18.8. The van der Waals surface area contributed by atoms with Crippen molar-refractivity contribution in [3.8, 4) is 6.07 Å². The zero-order valence-corrected chi connectivity index (χ0v) is 14.8. The lowest BCUT2D eigenvalue weighted by Crippen LogP contribution is -2.38. The van der Waals surface area contributed by atoms with Crippen LogP contribution in [0.3, 0.4) is 0 Å². The molecule has 0 radical (unpaired) electrons. The fourth-order valence-corrected chi connectivity index (χ4v) is 2.71. The second-order valence-corrected chi connectivity index (χ2v) is 6.06. The molecule has 2 aromatic carbocycles. The number of rotatable bonds is 5. The number of hydrogen-bond acceptors (Lipinski definition) is 6. The summed E-state index contributed by atoms with van der Waals surface area (Å²) in [7, 11) is 0. The first-order valence-electron chi connectivity index (χ1n) is 8.36. The summed E-state index contributed by atoms with van der Waals surface area (Å²) in [5.41, 5.74) is 1.20. The van der Waals surface area contributed by atoms with Gasteiger partial charge in [-0.15, -0.1) is 0 Å². The molecule has 0 spiro atoms. The quantitative estimate of drug-likeness (QED) is 0.626. The fraction of sp³-hybridized carbons (Fsp3) is 0.150. The molecule has 1 N–H and O–H groups in total. The summed E-state index contributed by atoms with van der Waals surface area (Å²) >= 11 is 0. The van der Waals surface area contributed by atoms with Crippen molar-refractivity contribution in [3.63, 3.8) is 0 Å². The van der Waals surface area contributed by atoms with E-state index in [0.29, 0.717) is 11.3 Å².